The van der Waals surface area contributed by atoms with Crippen LogP contribution in [0.15, 0.2) is 48.5 Å². The Kier molecular flexibility index (Phi) is 5.50. The molecular weight excluding hydrogens is 382 g/mol. The molecule has 0 saturated heterocycles. The quantitative estimate of drug-likeness (QED) is 0.647. The van der Waals surface area contributed by atoms with E-state index in [2.05, 4.69) is 50.2 Å². The molecule has 156 valence electrons. The molecule has 8 nitrogen and oxygen atoms in total. The average molecular weight is 407 g/mol. The summed E-state index contributed by atoms with van der Waals surface area (Å²) in [4.78, 5) is 12.6. The average Bonchev–Trinajstić information content (AvgIpc) is 3.36. The van der Waals surface area contributed by atoms with E-state index in [0.717, 1.165) is 0 Å². The number of benzene rings is 2. The van der Waals surface area contributed by atoms with Crippen molar-refractivity contribution in [1.82, 2.24) is 25.9 Å². The summed E-state index contributed by atoms with van der Waals surface area (Å²) in [6.45, 7) is 6.27. The van der Waals surface area contributed by atoms with E-state index in [0.29, 0.717) is 5.82 Å². The molecule has 0 spiro atoms. The third kappa shape index (κ3) is 4.33. The maximum atomic E-state index is 12.6. The number of aromatic amines is 1. The van der Waals surface area contributed by atoms with Gasteiger partial charge in [0.1, 0.15) is 12.6 Å². The van der Waals surface area contributed by atoms with Crippen molar-refractivity contribution in [3.05, 3.63) is 65.5 Å². The number of aromatic nitrogens is 4. The lowest BCUT2D eigenvalue weighted by Gasteiger charge is -2.24. The number of nitrogens with zero attached hydrogens (tertiary/aromatic N) is 3. The highest BCUT2D eigenvalue weighted by molar-refractivity contribution is 5.79. The number of alkyl carbamates (subject to hydrolysis) is 1. The predicted octanol–water partition coefficient (Wildman–Crippen LogP) is 3.59. The van der Waals surface area contributed by atoms with Gasteiger partial charge in [-0.1, -0.05) is 48.5 Å². The first-order valence-corrected chi connectivity index (χ1v) is 9.91. The van der Waals surface area contributed by atoms with Crippen molar-refractivity contribution in [2.24, 2.45) is 0 Å². The lowest BCUT2D eigenvalue weighted by atomic mass is 9.98. The van der Waals surface area contributed by atoms with Crippen molar-refractivity contribution in [3.8, 4) is 11.1 Å². The number of H-pyrrole nitrogens is 1. The zero-order valence-corrected chi connectivity index (χ0v) is 17.3. The summed E-state index contributed by atoms with van der Waals surface area (Å²) in [5.74, 6) is 0.409. The number of carbonyl (C=O) groups is 1. The molecule has 2 aromatic carbocycles. The third-order valence-electron chi connectivity index (χ3n) is 5.01. The summed E-state index contributed by atoms with van der Waals surface area (Å²) in [6, 6.07) is 15.9. The number of hydrogen-bond donors (Lipinski definition) is 2. The normalized spacial score (nSPS) is 14.1. The first kappa shape index (κ1) is 20.0. The highest BCUT2D eigenvalue weighted by atomic mass is 16.5. The minimum absolute atomic E-state index is 0.000582. The molecule has 0 bridgehead atoms. The molecule has 1 heterocycles. The van der Waals surface area contributed by atoms with Crippen LogP contribution in [0.2, 0.25) is 0 Å². The van der Waals surface area contributed by atoms with Crippen LogP contribution in [0.4, 0.5) is 4.79 Å². The predicted molar refractivity (Wildman–Crippen MR) is 111 cm³/mol. The van der Waals surface area contributed by atoms with Crippen molar-refractivity contribution in [1.29, 1.82) is 0 Å². The number of ether oxygens (including phenoxy) is 2. The molecule has 0 unspecified atom stereocenters. The molecule has 1 aliphatic carbocycles. The van der Waals surface area contributed by atoms with Gasteiger partial charge in [0.25, 0.3) is 0 Å². The maximum absolute atomic E-state index is 12.6. The topological polar surface area (TPSA) is 102 Å². The summed E-state index contributed by atoms with van der Waals surface area (Å²) in [5, 5.41) is 16.6. The largest absolute Gasteiger partial charge is 0.449 e. The zero-order valence-electron chi connectivity index (χ0n) is 17.3. The number of nitrogens with one attached hydrogen (secondary N) is 2. The van der Waals surface area contributed by atoms with Gasteiger partial charge in [0.2, 0.25) is 0 Å². The van der Waals surface area contributed by atoms with E-state index < -0.39 is 12.1 Å². The second kappa shape index (κ2) is 8.23. The number of fused-ring (bicyclic) bond motifs is 3. The first-order valence-electron chi connectivity index (χ1n) is 9.91. The van der Waals surface area contributed by atoms with Gasteiger partial charge in [0.15, 0.2) is 5.82 Å². The van der Waals surface area contributed by atoms with Crippen LogP contribution in [0.25, 0.3) is 11.1 Å². The minimum atomic E-state index is -0.546. The van der Waals surface area contributed by atoms with Crippen LogP contribution < -0.4 is 5.32 Å². The van der Waals surface area contributed by atoms with Gasteiger partial charge in [0, 0.05) is 5.92 Å². The molecular formula is C22H25N5O3. The van der Waals surface area contributed by atoms with Crippen molar-refractivity contribution in [2.75, 3.05) is 13.2 Å². The Hall–Kier alpha value is -3.26. The van der Waals surface area contributed by atoms with Gasteiger partial charge in [-0.25, -0.2) is 9.89 Å². The summed E-state index contributed by atoms with van der Waals surface area (Å²) in [5.41, 5.74) is 4.34. The number of carbonyl (C=O) groups excluding carboxylic acids is 1. The summed E-state index contributed by atoms with van der Waals surface area (Å²) in [7, 11) is 0. The Morgan fingerprint density at radius 2 is 1.73 bits per heavy atom. The molecule has 4 rings (SSSR count). The second-order valence-electron chi connectivity index (χ2n) is 8.23. The van der Waals surface area contributed by atoms with E-state index in [1.54, 1.807) is 0 Å². The summed E-state index contributed by atoms with van der Waals surface area (Å²) < 4.78 is 11.4. The lowest BCUT2D eigenvalue weighted by Crippen LogP contribution is -2.35. The molecule has 0 radical (unpaired) electrons. The molecule has 30 heavy (non-hydrogen) atoms. The Morgan fingerprint density at radius 3 is 2.30 bits per heavy atom. The van der Waals surface area contributed by atoms with Gasteiger partial charge in [-0.15, -0.1) is 5.10 Å². The van der Waals surface area contributed by atoms with Crippen molar-refractivity contribution >= 4 is 6.09 Å². The van der Waals surface area contributed by atoms with Crippen LogP contribution in [0, 0.1) is 0 Å². The monoisotopic (exact) mass is 407 g/mol. The number of tetrazole rings is 1. The molecule has 1 atom stereocenters. The molecule has 1 aliphatic rings. The van der Waals surface area contributed by atoms with Gasteiger partial charge < -0.3 is 14.8 Å². The maximum Gasteiger partial charge on any atom is 0.407 e. The first-order chi connectivity index (χ1) is 14.4. The van der Waals surface area contributed by atoms with Gasteiger partial charge in [-0.2, -0.15) is 0 Å². The Balaban J connectivity index is 1.44. The van der Waals surface area contributed by atoms with Crippen LogP contribution in [-0.4, -0.2) is 45.5 Å². The standard InChI is InChI=1S/C22H25N5O3/c1-22(2,3)30-13-19(20-24-26-27-25-20)23-21(28)29-12-18-16-10-6-4-8-14(16)15-9-5-7-11-17(15)18/h4-11,18-19H,12-13H2,1-3H3,(H,23,28)(H,24,25,26,27)/t19-/m0/s1. The number of rotatable bonds is 6. The van der Waals surface area contributed by atoms with Crippen LogP contribution in [0.1, 0.15) is 49.7 Å². The zero-order chi connectivity index (χ0) is 21.1. The van der Waals surface area contributed by atoms with E-state index in [-0.39, 0.29) is 24.7 Å². The Morgan fingerprint density at radius 1 is 1.10 bits per heavy atom. The molecule has 1 amide bonds. The lowest BCUT2D eigenvalue weighted by molar-refractivity contribution is -0.0159. The van der Waals surface area contributed by atoms with E-state index in [4.69, 9.17) is 9.47 Å². The van der Waals surface area contributed by atoms with Crippen LogP contribution in [0.3, 0.4) is 0 Å². The molecule has 2 N–H and O–H groups in total. The van der Waals surface area contributed by atoms with E-state index in [1.165, 1.54) is 22.3 Å². The van der Waals surface area contributed by atoms with Gasteiger partial charge in [-0.05, 0) is 53.5 Å². The molecule has 0 saturated carbocycles. The Bertz CT molecular complexity index is 968. The van der Waals surface area contributed by atoms with Crippen molar-refractivity contribution in [3.63, 3.8) is 0 Å². The molecule has 0 fully saturated rings. The fourth-order valence-corrected chi connectivity index (χ4v) is 3.62. The summed E-state index contributed by atoms with van der Waals surface area (Å²) >= 11 is 0. The van der Waals surface area contributed by atoms with Crippen molar-refractivity contribution < 1.29 is 14.3 Å². The molecule has 8 heteroatoms. The van der Waals surface area contributed by atoms with Crippen molar-refractivity contribution in [2.45, 2.75) is 38.3 Å². The Labute approximate surface area is 175 Å². The minimum Gasteiger partial charge on any atom is -0.449 e. The number of amides is 1. The highest BCUT2D eigenvalue weighted by Gasteiger charge is 2.29. The fraction of sp³-hybridized carbons (Fsp3) is 0.364. The van der Waals surface area contributed by atoms with Crippen LogP contribution in [0.5, 0.6) is 0 Å². The van der Waals surface area contributed by atoms with Crippen LogP contribution in [-0.2, 0) is 9.47 Å². The smallest absolute Gasteiger partial charge is 0.407 e. The van der Waals surface area contributed by atoms with Gasteiger partial charge >= 0.3 is 6.09 Å². The SMILES string of the molecule is CC(C)(C)OC[C@H](NC(=O)OCC1c2ccccc2-c2ccccc21)c1nnn[nH]1. The van der Waals surface area contributed by atoms with E-state index >= 15 is 0 Å². The molecule has 0 aliphatic heterocycles. The van der Waals surface area contributed by atoms with E-state index in [9.17, 15) is 4.79 Å². The van der Waals surface area contributed by atoms with E-state index in [1.807, 2.05) is 45.0 Å². The van der Waals surface area contributed by atoms with Crippen LogP contribution >= 0.6 is 0 Å². The highest BCUT2D eigenvalue weighted by Crippen LogP contribution is 2.44. The fourth-order valence-electron chi connectivity index (χ4n) is 3.62. The number of hydrogen-bond acceptors (Lipinski definition) is 6. The third-order valence-corrected chi connectivity index (χ3v) is 5.01. The second-order valence-corrected chi connectivity index (χ2v) is 8.23. The van der Waals surface area contributed by atoms with Gasteiger partial charge in [-0.3, -0.25) is 0 Å². The molecule has 3 aromatic rings. The van der Waals surface area contributed by atoms with Gasteiger partial charge in [0.05, 0.1) is 12.2 Å². The summed E-state index contributed by atoms with van der Waals surface area (Å²) in [6.07, 6.45) is -0.546. The molecule has 1 aromatic heterocycles.